The molecule has 0 saturated heterocycles. The summed E-state index contributed by atoms with van der Waals surface area (Å²) in [5.41, 5.74) is 2.85. The van der Waals surface area contributed by atoms with Gasteiger partial charge in [-0.15, -0.1) is 0 Å². The van der Waals surface area contributed by atoms with Gasteiger partial charge in [0.15, 0.2) is 0 Å². The molecule has 0 radical (unpaired) electrons. The smallest absolute Gasteiger partial charge is 0.234 e. The molecule has 2 aromatic carbocycles. The summed E-state index contributed by atoms with van der Waals surface area (Å²) in [5, 5.41) is 5.91. The second-order valence-corrected chi connectivity index (χ2v) is 12.3. The van der Waals surface area contributed by atoms with Crippen LogP contribution in [0.1, 0.15) is 104 Å². The molecule has 0 spiro atoms. The number of aryl methyl sites for hydroxylation is 2. The van der Waals surface area contributed by atoms with Crippen LogP contribution in [0.4, 0.5) is 11.4 Å². The Morgan fingerprint density at radius 3 is 2.22 bits per heavy atom. The maximum absolute atomic E-state index is 12.7. The number of benzene rings is 2. The number of halogens is 1. The average Bonchev–Trinajstić information content (AvgIpc) is 2.92. The zero-order valence-corrected chi connectivity index (χ0v) is 26.6. The van der Waals surface area contributed by atoms with E-state index < -0.39 is 17.2 Å². The zero-order valence-electron chi connectivity index (χ0n) is 25.8. The lowest BCUT2D eigenvalue weighted by Gasteiger charge is -2.21. The van der Waals surface area contributed by atoms with Crippen LogP contribution in [-0.4, -0.2) is 24.2 Å². The van der Waals surface area contributed by atoms with Crippen molar-refractivity contribution in [1.29, 1.82) is 0 Å². The minimum Gasteiger partial charge on any atom is -0.493 e. The predicted octanol–water partition coefficient (Wildman–Crippen LogP) is 8.79. The third kappa shape index (κ3) is 11.9. The summed E-state index contributed by atoms with van der Waals surface area (Å²) in [6.07, 6.45) is 10.2. The summed E-state index contributed by atoms with van der Waals surface area (Å²) >= 11 is 6.28. The molecule has 2 N–H and O–H groups in total. The highest BCUT2D eigenvalue weighted by Crippen LogP contribution is 2.28. The molecule has 0 aliphatic rings. The molecule has 41 heavy (non-hydrogen) atoms. The minimum absolute atomic E-state index is 0.154. The van der Waals surface area contributed by atoms with Crippen molar-refractivity contribution < 1.29 is 19.1 Å². The van der Waals surface area contributed by atoms with Crippen molar-refractivity contribution in [1.82, 2.24) is 0 Å². The third-order valence-electron chi connectivity index (χ3n) is 7.08. The van der Waals surface area contributed by atoms with E-state index in [0.717, 1.165) is 25.0 Å². The highest BCUT2D eigenvalue weighted by atomic mass is 35.5. The normalized spacial score (nSPS) is 12.1. The van der Waals surface area contributed by atoms with Gasteiger partial charge in [-0.25, -0.2) is 0 Å². The molecule has 2 rings (SSSR count). The van der Waals surface area contributed by atoms with Crippen molar-refractivity contribution in [3.05, 3.63) is 52.5 Å². The minimum atomic E-state index is -0.825. The Labute approximate surface area is 252 Å². The number of Topliss-reactive ketones (excluding diaryl/α,β-unsaturated/α-hetero) is 1. The van der Waals surface area contributed by atoms with E-state index in [4.69, 9.17) is 16.3 Å². The van der Waals surface area contributed by atoms with Crippen LogP contribution in [0.3, 0.4) is 0 Å². The Balaban J connectivity index is 1.91. The fourth-order valence-electron chi connectivity index (χ4n) is 4.62. The summed E-state index contributed by atoms with van der Waals surface area (Å²) in [5.74, 6) is -0.657. The standard InChI is InChI=1S/C34H49ClN2O4/c1-7-9-11-14-25-17-20-30(26(22-25)15-12-10-8-2)41-21-13-16-31(38)36-27-18-19-28(35)29(23-27)37-33(40)24(3)32(39)34(4,5)6/h17-20,22-24H,7-16,21H2,1-6H3,(H,36,38)(H,37,40). The Morgan fingerprint density at radius 2 is 1.56 bits per heavy atom. The second-order valence-electron chi connectivity index (χ2n) is 11.9. The first kappa shape index (κ1) is 34.3. The monoisotopic (exact) mass is 584 g/mol. The Morgan fingerprint density at radius 1 is 0.878 bits per heavy atom. The molecule has 2 aromatic rings. The maximum Gasteiger partial charge on any atom is 0.234 e. The van der Waals surface area contributed by atoms with Gasteiger partial charge in [-0.1, -0.05) is 84.0 Å². The SMILES string of the molecule is CCCCCc1ccc(OCCCC(=O)Nc2ccc(Cl)c(NC(=O)C(C)C(=O)C(C)(C)C)c2)c(CCCCC)c1. The van der Waals surface area contributed by atoms with Crippen molar-refractivity contribution >= 4 is 40.6 Å². The van der Waals surface area contributed by atoms with E-state index in [1.807, 2.05) is 0 Å². The van der Waals surface area contributed by atoms with Crippen molar-refractivity contribution in [2.75, 3.05) is 17.2 Å². The Bertz CT molecular complexity index is 1160. The molecule has 0 fully saturated rings. The second kappa shape index (κ2) is 17.2. The van der Waals surface area contributed by atoms with Crippen LogP contribution >= 0.6 is 11.6 Å². The van der Waals surface area contributed by atoms with Crippen LogP contribution < -0.4 is 15.4 Å². The quantitative estimate of drug-likeness (QED) is 0.144. The average molecular weight is 585 g/mol. The van der Waals surface area contributed by atoms with E-state index >= 15 is 0 Å². The summed E-state index contributed by atoms with van der Waals surface area (Å²) < 4.78 is 6.12. The maximum atomic E-state index is 12.7. The summed E-state index contributed by atoms with van der Waals surface area (Å²) in [6.45, 7) is 11.8. The van der Waals surface area contributed by atoms with Gasteiger partial charge in [-0.3, -0.25) is 14.4 Å². The number of hydrogen-bond donors (Lipinski definition) is 2. The fourth-order valence-corrected chi connectivity index (χ4v) is 4.78. The van der Waals surface area contributed by atoms with Gasteiger partial charge in [-0.2, -0.15) is 0 Å². The van der Waals surface area contributed by atoms with Crippen LogP contribution in [0.2, 0.25) is 5.02 Å². The molecule has 0 aromatic heterocycles. The van der Waals surface area contributed by atoms with E-state index in [0.29, 0.717) is 35.8 Å². The van der Waals surface area contributed by atoms with Gasteiger partial charge in [0.2, 0.25) is 11.8 Å². The Kier molecular flexibility index (Phi) is 14.4. The zero-order chi connectivity index (χ0) is 30.4. The molecule has 0 heterocycles. The number of carbonyl (C=O) groups is 3. The first-order chi connectivity index (χ1) is 19.5. The largest absolute Gasteiger partial charge is 0.493 e. The summed E-state index contributed by atoms with van der Waals surface area (Å²) in [7, 11) is 0. The molecule has 6 nitrogen and oxygen atoms in total. The van der Waals surface area contributed by atoms with Crippen molar-refractivity contribution in [3.8, 4) is 5.75 Å². The lowest BCUT2D eigenvalue weighted by molar-refractivity contribution is -0.135. The molecule has 1 unspecified atom stereocenters. The van der Waals surface area contributed by atoms with Crippen LogP contribution in [-0.2, 0) is 27.2 Å². The molecular weight excluding hydrogens is 536 g/mol. The molecule has 2 amide bonds. The summed E-state index contributed by atoms with van der Waals surface area (Å²) in [4.78, 5) is 37.8. The molecule has 226 valence electrons. The third-order valence-corrected chi connectivity index (χ3v) is 7.41. The van der Waals surface area contributed by atoms with Gasteiger partial charge >= 0.3 is 0 Å². The van der Waals surface area contributed by atoms with E-state index in [9.17, 15) is 14.4 Å². The van der Waals surface area contributed by atoms with Gasteiger partial charge in [0, 0.05) is 17.5 Å². The molecule has 0 bridgehead atoms. The van der Waals surface area contributed by atoms with Crippen LogP contribution in [0.5, 0.6) is 5.75 Å². The van der Waals surface area contributed by atoms with Crippen LogP contribution in [0.25, 0.3) is 0 Å². The number of unbranched alkanes of at least 4 members (excludes halogenated alkanes) is 4. The lowest BCUT2D eigenvalue weighted by atomic mass is 9.83. The number of rotatable bonds is 17. The first-order valence-electron chi connectivity index (χ1n) is 15.1. The number of amides is 2. The van der Waals surface area contributed by atoms with Crippen molar-refractivity contribution in [3.63, 3.8) is 0 Å². The van der Waals surface area contributed by atoms with Crippen molar-refractivity contribution in [2.24, 2.45) is 11.3 Å². The number of ketones is 1. The number of carbonyl (C=O) groups excluding carboxylic acids is 3. The van der Waals surface area contributed by atoms with Crippen LogP contribution in [0, 0.1) is 11.3 Å². The van der Waals surface area contributed by atoms with Gasteiger partial charge in [0.1, 0.15) is 11.5 Å². The van der Waals surface area contributed by atoms with E-state index in [-0.39, 0.29) is 11.7 Å². The number of hydrogen-bond acceptors (Lipinski definition) is 4. The molecule has 0 aliphatic carbocycles. The fraction of sp³-hybridized carbons (Fsp3) is 0.559. The molecule has 7 heteroatoms. The van der Waals surface area contributed by atoms with Gasteiger partial charge < -0.3 is 15.4 Å². The van der Waals surface area contributed by atoms with E-state index in [1.54, 1.807) is 45.9 Å². The highest BCUT2D eigenvalue weighted by molar-refractivity contribution is 6.34. The number of anilines is 2. The van der Waals surface area contributed by atoms with E-state index in [1.165, 1.54) is 43.2 Å². The highest BCUT2D eigenvalue weighted by Gasteiger charge is 2.31. The molecule has 0 aliphatic heterocycles. The number of ether oxygens (including phenoxy) is 1. The van der Waals surface area contributed by atoms with Crippen molar-refractivity contribution in [2.45, 2.75) is 106 Å². The summed E-state index contributed by atoms with van der Waals surface area (Å²) in [6, 6.07) is 11.4. The molecule has 1 atom stereocenters. The molecule has 0 saturated carbocycles. The van der Waals surface area contributed by atoms with E-state index in [2.05, 4.69) is 42.7 Å². The first-order valence-corrected chi connectivity index (χ1v) is 15.5. The number of nitrogens with one attached hydrogen (secondary N) is 2. The molecular formula is C34H49ClN2O4. The van der Waals surface area contributed by atoms with Crippen LogP contribution in [0.15, 0.2) is 36.4 Å². The lowest BCUT2D eigenvalue weighted by Crippen LogP contribution is -2.34. The van der Waals surface area contributed by atoms with Gasteiger partial charge in [-0.05, 0) is 74.4 Å². The Hall–Kier alpha value is -2.86. The predicted molar refractivity (Wildman–Crippen MR) is 170 cm³/mol. The topological polar surface area (TPSA) is 84.5 Å². The van der Waals surface area contributed by atoms with Gasteiger partial charge in [0.25, 0.3) is 0 Å². The van der Waals surface area contributed by atoms with Gasteiger partial charge in [0.05, 0.1) is 23.2 Å².